The van der Waals surface area contributed by atoms with E-state index in [1.807, 2.05) is 78.2 Å². The van der Waals surface area contributed by atoms with Gasteiger partial charge in [0, 0.05) is 32.2 Å². The van der Waals surface area contributed by atoms with Crippen LogP contribution < -0.4 is 5.73 Å². The van der Waals surface area contributed by atoms with Crippen LogP contribution in [0.15, 0.2) is 54.6 Å². The molecule has 0 aromatic heterocycles. The van der Waals surface area contributed by atoms with Crippen LogP contribution in [-0.4, -0.2) is 47.8 Å². The fourth-order valence-electron chi connectivity index (χ4n) is 3.66. The molecular formula is C23H30ClN3O2. The second-order valence-electron chi connectivity index (χ2n) is 7.53. The van der Waals surface area contributed by atoms with Gasteiger partial charge in [-0.05, 0) is 23.6 Å². The lowest BCUT2D eigenvalue weighted by Gasteiger charge is -2.37. The molecule has 156 valence electrons. The summed E-state index contributed by atoms with van der Waals surface area (Å²) in [6.07, 6.45) is 0.413. The Bertz CT molecular complexity index is 820. The van der Waals surface area contributed by atoms with E-state index in [0.717, 1.165) is 16.7 Å². The van der Waals surface area contributed by atoms with E-state index in [4.69, 9.17) is 5.73 Å². The van der Waals surface area contributed by atoms with Crippen molar-refractivity contribution >= 4 is 24.2 Å². The third kappa shape index (κ3) is 5.58. The van der Waals surface area contributed by atoms with E-state index in [-0.39, 0.29) is 36.2 Å². The molecule has 0 bridgehead atoms. The third-order valence-electron chi connectivity index (χ3n) is 5.66. The summed E-state index contributed by atoms with van der Waals surface area (Å²) in [6.45, 7) is 6.17. The molecule has 3 rings (SSSR count). The van der Waals surface area contributed by atoms with E-state index >= 15 is 0 Å². The summed E-state index contributed by atoms with van der Waals surface area (Å²) < 4.78 is 0. The Morgan fingerprint density at radius 2 is 1.48 bits per heavy atom. The number of carbonyl (C=O) groups excluding carboxylic acids is 2. The lowest BCUT2D eigenvalue weighted by molar-refractivity contribution is -0.142. The first-order valence-electron chi connectivity index (χ1n) is 9.89. The van der Waals surface area contributed by atoms with Crippen LogP contribution in [0.3, 0.4) is 0 Å². The van der Waals surface area contributed by atoms with Crippen LogP contribution in [0.2, 0.25) is 0 Å². The van der Waals surface area contributed by atoms with E-state index in [1.165, 1.54) is 0 Å². The Balaban J connectivity index is 0.00000300. The average Bonchev–Trinajstić information content (AvgIpc) is 2.74. The van der Waals surface area contributed by atoms with E-state index < -0.39 is 0 Å². The first kappa shape index (κ1) is 22.9. The van der Waals surface area contributed by atoms with E-state index in [9.17, 15) is 9.59 Å². The normalized spacial score (nSPS) is 16.0. The topological polar surface area (TPSA) is 66.6 Å². The highest BCUT2D eigenvalue weighted by Gasteiger charge is 2.30. The fourth-order valence-corrected chi connectivity index (χ4v) is 3.66. The molecule has 2 amide bonds. The molecule has 1 aliphatic rings. The molecule has 2 atom stereocenters. The minimum Gasteiger partial charge on any atom is -0.339 e. The highest BCUT2D eigenvalue weighted by Crippen LogP contribution is 2.22. The Morgan fingerprint density at radius 1 is 0.931 bits per heavy atom. The molecule has 2 aromatic carbocycles. The number of benzene rings is 2. The quantitative estimate of drug-likeness (QED) is 0.816. The van der Waals surface area contributed by atoms with Gasteiger partial charge in [-0.1, -0.05) is 61.5 Å². The van der Waals surface area contributed by atoms with Gasteiger partial charge in [0.1, 0.15) is 0 Å². The monoisotopic (exact) mass is 415 g/mol. The SMILES string of the molecule is Cc1ccccc1CC(=O)N1CCN(C(=O)C(C)C(N)c2ccccc2)CC1.Cl. The molecule has 2 unspecified atom stereocenters. The van der Waals surface area contributed by atoms with Gasteiger partial charge in [-0.2, -0.15) is 0 Å². The number of rotatable bonds is 5. The molecule has 1 fully saturated rings. The number of amides is 2. The van der Waals surface area contributed by atoms with E-state index in [2.05, 4.69) is 0 Å². The van der Waals surface area contributed by atoms with Crippen molar-refractivity contribution in [3.05, 3.63) is 71.3 Å². The smallest absolute Gasteiger partial charge is 0.227 e. The molecule has 0 saturated carbocycles. The standard InChI is InChI=1S/C23H29N3O2.ClH/c1-17-8-6-7-11-20(17)16-21(27)25-12-14-26(15-13-25)23(28)18(2)22(24)19-9-4-3-5-10-19;/h3-11,18,22H,12-16,24H2,1-2H3;1H. The zero-order valence-corrected chi connectivity index (χ0v) is 17.9. The Kier molecular flexibility index (Phi) is 8.23. The molecule has 2 N–H and O–H groups in total. The highest BCUT2D eigenvalue weighted by atomic mass is 35.5. The lowest BCUT2D eigenvalue weighted by atomic mass is 9.94. The third-order valence-corrected chi connectivity index (χ3v) is 5.66. The second-order valence-corrected chi connectivity index (χ2v) is 7.53. The molecule has 0 aliphatic carbocycles. The van der Waals surface area contributed by atoms with Gasteiger partial charge >= 0.3 is 0 Å². The predicted octanol–water partition coefficient (Wildman–Crippen LogP) is 2.97. The van der Waals surface area contributed by atoms with Crippen molar-refractivity contribution in [3.8, 4) is 0 Å². The van der Waals surface area contributed by atoms with Gasteiger partial charge in [0.2, 0.25) is 11.8 Å². The molecule has 0 radical (unpaired) electrons. The molecule has 1 heterocycles. The summed E-state index contributed by atoms with van der Waals surface area (Å²) in [5.41, 5.74) is 9.47. The summed E-state index contributed by atoms with van der Waals surface area (Å²) in [7, 11) is 0. The maximum atomic E-state index is 12.9. The highest BCUT2D eigenvalue weighted by molar-refractivity contribution is 5.85. The molecule has 1 aliphatic heterocycles. The Labute approximate surface area is 179 Å². The molecule has 1 saturated heterocycles. The Morgan fingerprint density at radius 3 is 2.10 bits per heavy atom. The summed E-state index contributed by atoms with van der Waals surface area (Å²) >= 11 is 0. The largest absolute Gasteiger partial charge is 0.339 e. The molecule has 29 heavy (non-hydrogen) atoms. The van der Waals surface area contributed by atoms with Gasteiger partial charge in [-0.15, -0.1) is 12.4 Å². The van der Waals surface area contributed by atoms with Crippen LogP contribution in [0.1, 0.15) is 29.7 Å². The molecule has 2 aromatic rings. The van der Waals surface area contributed by atoms with Crippen molar-refractivity contribution in [1.82, 2.24) is 9.80 Å². The van der Waals surface area contributed by atoms with Crippen molar-refractivity contribution in [1.29, 1.82) is 0 Å². The van der Waals surface area contributed by atoms with Crippen LogP contribution in [0.25, 0.3) is 0 Å². The van der Waals surface area contributed by atoms with E-state index in [0.29, 0.717) is 32.6 Å². The zero-order valence-electron chi connectivity index (χ0n) is 17.1. The lowest BCUT2D eigenvalue weighted by Crippen LogP contribution is -2.52. The van der Waals surface area contributed by atoms with Gasteiger partial charge in [-0.3, -0.25) is 9.59 Å². The number of hydrogen-bond donors (Lipinski definition) is 1. The van der Waals surface area contributed by atoms with Crippen LogP contribution >= 0.6 is 12.4 Å². The maximum absolute atomic E-state index is 12.9. The van der Waals surface area contributed by atoms with Crippen LogP contribution in [-0.2, 0) is 16.0 Å². The van der Waals surface area contributed by atoms with E-state index in [1.54, 1.807) is 0 Å². The van der Waals surface area contributed by atoms with Crippen molar-refractivity contribution in [3.63, 3.8) is 0 Å². The average molecular weight is 416 g/mol. The van der Waals surface area contributed by atoms with Gasteiger partial charge in [0.25, 0.3) is 0 Å². The van der Waals surface area contributed by atoms with Crippen molar-refractivity contribution in [2.24, 2.45) is 11.7 Å². The minimum absolute atomic E-state index is 0. The first-order chi connectivity index (χ1) is 13.5. The minimum atomic E-state index is -0.325. The second kappa shape index (κ2) is 10.4. The molecule has 6 heteroatoms. The van der Waals surface area contributed by atoms with Crippen LogP contribution in [0, 0.1) is 12.8 Å². The maximum Gasteiger partial charge on any atom is 0.227 e. The molecule has 0 spiro atoms. The summed E-state index contributed by atoms with van der Waals surface area (Å²) in [5, 5.41) is 0. The fraction of sp³-hybridized carbons (Fsp3) is 0.391. The van der Waals surface area contributed by atoms with Crippen LogP contribution in [0.4, 0.5) is 0 Å². The van der Waals surface area contributed by atoms with Crippen molar-refractivity contribution in [2.75, 3.05) is 26.2 Å². The van der Waals surface area contributed by atoms with Crippen molar-refractivity contribution in [2.45, 2.75) is 26.3 Å². The van der Waals surface area contributed by atoms with Gasteiger partial charge in [-0.25, -0.2) is 0 Å². The number of nitrogens with zero attached hydrogens (tertiary/aromatic N) is 2. The Hall–Kier alpha value is -2.37. The number of carbonyl (C=O) groups is 2. The van der Waals surface area contributed by atoms with Gasteiger partial charge in [0.15, 0.2) is 0 Å². The summed E-state index contributed by atoms with van der Waals surface area (Å²) in [6, 6.07) is 17.4. The summed E-state index contributed by atoms with van der Waals surface area (Å²) in [4.78, 5) is 29.2. The molecule has 5 nitrogen and oxygen atoms in total. The molecular weight excluding hydrogens is 386 g/mol. The zero-order chi connectivity index (χ0) is 20.1. The number of aryl methyl sites for hydroxylation is 1. The first-order valence-corrected chi connectivity index (χ1v) is 9.89. The number of halogens is 1. The number of piperazine rings is 1. The van der Waals surface area contributed by atoms with Crippen LogP contribution in [0.5, 0.6) is 0 Å². The van der Waals surface area contributed by atoms with Gasteiger partial charge in [0.05, 0.1) is 12.3 Å². The predicted molar refractivity (Wildman–Crippen MR) is 118 cm³/mol. The summed E-state index contributed by atoms with van der Waals surface area (Å²) in [5.74, 6) is -0.116. The number of hydrogen-bond acceptors (Lipinski definition) is 3. The van der Waals surface area contributed by atoms with Gasteiger partial charge < -0.3 is 15.5 Å². The van der Waals surface area contributed by atoms with Crippen molar-refractivity contribution < 1.29 is 9.59 Å². The number of nitrogens with two attached hydrogens (primary N) is 1.